The van der Waals surface area contributed by atoms with E-state index in [-0.39, 0.29) is 19.0 Å². The van der Waals surface area contributed by atoms with Crippen molar-refractivity contribution in [3.8, 4) is 5.75 Å². The van der Waals surface area contributed by atoms with Gasteiger partial charge >= 0.3 is 11.8 Å². The Bertz CT molecular complexity index is 1110. The zero-order valence-corrected chi connectivity index (χ0v) is 16.1. The molecule has 6 nitrogen and oxygen atoms in total. The van der Waals surface area contributed by atoms with Crippen LogP contribution in [0.5, 0.6) is 5.75 Å². The molecule has 0 radical (unpaired) electrons. The summed E-state index contributed by atoms with van der Waals surface area (Å²) in [6.45, 7) is 3.80. The molecule has 0 atom stereocenters. The van der Waals surface area contributed by atoms with E-state index in [9.17, 15) is 14.0 Å². The van der Waals surface area contributed by atoms with E-state index >= 15 is 0 Å². The molecule has 0 bridgehead atoms. The van der Waals surface area contributed by atoms with Crippen molar-refractivity contribution < 1.29 is 18.7 Å². The molecule has 3 rings (SSSR count). The number of carbonyl (C=O) groups excluding carboxylic acids is 2. The Morgan fingerprint density at radius 2 is 1.90 bits per heavy atom. The van der Waals surface area contributed by atoms with Gasteiger partial charge in [0.2, 0.25) is 0 Å². The van der Waals surface area contributed by atoms with Gasteiger partial charge in [0.05, 0.1) is 6.21 Å². The molecule has 7 heteroatoms. The van der Waals surface area contributed by atoms with Crippen LogP contribution in [-0.2, 0) is 16.2 Å². The second-order valence-electron chi connectivity index (χ2n) is 6.31. The molecule has 3 aromatic rings. The van der Waals surface area contributed by atoms with E-state index < -0.39 is 11.8 Å². The first-order valence-corrected chi connectivity index (χ1v) is 9.19. The maximum absolute atomic E-state index is 13.4. The molecule has 0 aliphatic rings. The number of rotatable bonds is 7. The summed E-state index contributed by atoms with van der Waals surface area (Å²) in [4.78, 5) is 23.4. The minimum Gasteiger partial charge on any atom is -0.488 e. The van der Waals surface area contributed by atoms with Crippen LogP contribution in [-0.4, -0.2) is 24.6 Å². The number of ether oxygens (including phenoxy) is 1. The van der Waals surface area contributed by atoms with E-state index in [1.807, 2.05) is 30.3 Å². The van der Waals surface area contributed by atoms with Crippen LogP contribution in [0.1, 0.15) is 11.1 Å². The molecule has 0 unspecified atom stereocenters. The van der Waals surface area contributed by atoms with E-state index in [1.165, 1.54) is 24.4 Å². The number of fused-ring (bicyclic) bond motifs is 1. The standard InChI is InChI=1S/C23H20FN3O3/c1-2-12-25-22(28)23(29)27-26-14-20-19-9-4-3-7-17(19)10-11-21(20)30-15-16-6-5-8-18(24)13-16/h2-11,13-14H,1,12,15H2,(H,25,28)(H,27,29)/b26-14-. The lowest BCUT2D eigenvalue weighted by Crippen LogP contribution is -2.37. The zero-order valence-electron chi connectivity index (χ0n) is 16.1. The largest absolute Gasteiger partial charge is 0.488 e. The first kappa shape index (κ1) is 20.7. The molecule has 3 aromatic carbocycles. The number of hydrogen-bond donors (Lipinski definition) is 2. The van der Waals surface area contributed by atoms with Gasteiger partial charge in [0.1, 0.15) is 18.2 Å². The Kier molecular flexibility index (Phi) is 6.89. The van der Waals surface area contributed by atoms with Crippen LogP contribution in [0.2, 0.25) is 0 Å². The number of nitrogens with zero attached hydrogens (tertiary/aromatic N) is 1. The van der Waals surface area contributed by atoms with Gasteiger partial charge in [0, 0.05) is 12.1 Å². The van der Waals surface area contributed by atoms with Crippen molar-refractivity contribution in [1.29, 1.82) is 0 Å². The van der Waals surface area contributed by atoms with Crippen molar-refractivity contribution in [2.24, 2.45) is 5.10 Å². The number of nitrogens with one attached hydrogen (secondary N) is 2. The van der Waals surface area contributed by atoms with Gasteiger partial charge in [0.25, 0.3) is 0 Å². The number of benzene rings is 3. The molecule has 0 fully saturated rings. The van der Waals surface area contributed by atoms with E-state index in [0.717, 1.165) is 10.8 Å². The SMILES string of the molecule is C=CCNC(=O)C(=O)N/N=C\c1c(OCc2cccc(F)c2)ccc2ccccc12. The maximum atomic E-state index is 13.4. The van der Waals surface area contributed by atoms with Gasteiger partial charge in [-0.05, 0) is 34.5 Å². The molecular formula is C23H20FN3O3. The summed E-state index contributed by atoms with van der Waals surface area (Å²) >= 11 is 0. The molecule has 0 spiro atoms. The van der Waals surface area contributed by atoms with Crippen LogP contribution in [0, 0.1) is 5.82 Å². The maximum Gasteiger partial charge on any atom is 0.329 e. The lowest BCUT2D eigenvalue weighted by molar-refractivity contribution is -0.139. The van der Waals surface area contributed by atoms with Gasteiger partial charge in [-0.25, -0.2) is 9.82 Å². The molecule has 2 N–H and O–H groups in total. The predicted octanol–water partition coefficient (Wildman–Crippen LogP) is 3.31. The highest BCUT2D eigenvalue weighted by molar-refractivity contribution is 6.35. The van der Waals surface area contributed by atoms with Crippen molar-refractivity contribution >= 4 is 28.8 Å². The zero-order chi connectivity index (χ0) is 21.3. The number of carbonyl (C=O) groups is 2. The average molecular weight is 405 g/mol. The minimum atomic E-state index is -0.893. The first-order valence-electron chi connectivity index (χ1n) is 9.19. The van der Waals surface area contributed by atoms with Gasteiger partial charge in [-0.15, -0.1) is 6.58 Å². The van der Waals surface area contributed by atoms with Crippen molar-refractivity contribution in [1.82, 2.24) is 10.7 Å². The third-order valence-electron chi connectivity index (χ3n) is 4.19. The Morgan fingerprint density at radius 1 is 1.07 bits per heavy atom. The van der Waals surface area contributed by atoms with E-state index in [1.54, 1.807) is 18.2 Å². The summed E-state index contributed by atoms with van der Waals surface area (Å²) in [5.74, 6) is -1.54. The third-order valence-corrected chi connectivity index (χ3v) is 4.19. The minimum absolute atomic E-state index is 0.160. The summed E-state index contributed by atoms with van der Waals surface area (Å²) in [5.41, 5.74) is 3.49. The molecule has 2 amide bonds. The summed E-state index contributed by atoms with van der Waals surface area (Å²) < 4.78 is 19.3. The van der Waals surface area contributed by atoms with Gasteiger partial charge in [0.15, 0.2) is 0 Å². The van der Waals surface area contributed by atoms with Crippen LogP contribution in [0.3, 0.4) is 0 Å². The van der Waals surface area contributed by atoms with Crippen molar-refractivity contribution in [2.75, 3.05) is 6.54 Å². The molecule has 0 aliphatic heterocycles. The number of hydrazone groups is 1. The Labute approximate surface area is 173 Å². The lowest BCUT2D eigenvalue weighted by Gasteiger charge is -2.12. The third kappa shape index (κ3) is 5.29. The van der Waals surface area contributed by atoms with Gasteiger partial charge < -0.3 is 10.1 Å². The van der Waals surface area contributed by atoms with Crippen LogP contribution >= 0.6 is 0 Å². The fourth-order valence-corrected chi connectivity index (χ4v) is 2.77. The van der Waals surface area contributed by atoms with E-state index in [4.69, 9.17) is 4.74 Å². The molecule has 0 saturated carbocycles. The highest BCUT2D eigenvalue weighted by Crippen LogP contribution is 2.27. The Balaban J connectivity index is 1.82. The van der Waals surface area contributed by atoms with Crippen LogP contribution < -0.4 is 15.5 Å². The molecule has 0 heterocycles. The van der Waals surface area contributed by atoms with Crippen molar-refractivity contribution in [3.05, 3.63) is 90.3 Å². The molecule has 0 aromatic heterocycles. The average Bonchev–Trinajstić information content (AvgIpc) is 2.76. The summed E-state index contributed by atoms with van der Waals surface area (Å²) in [6.07, 6.45) is 2.88. The molecular weight excluding hydrogens is 385 g/mol. The predicted molar refractivity (Wildman–Crippen MR) is 114 cm³/mol. The van der Waals surface area contributed by atoms with Crippen LogP contribution in [0.4, 0.5) is 4.39 Å². The topological polar surface area (TPSA) is 79.8 Å². The Morgan fingerprint density at radius 3 is 2.70 bits per heavy atom. The van der Waals surface area contributed by atoms with Gasteiger partial charge in [-0.3, -0.25) is 9.59 Å². The molecule has 0 saturated heterocycles. The molecule has 152 valence electrons. The summed E-state index contributed by atoms with van der Waals surface area (Å²) in [7, 11) is 0. The Hall–Kier alpha value is -4.00. The molecule has 0 aliphatic carbocycles. The highest BCUT2D eigenvalue weighted by Gasteiger charge is 2.12. The fraction of sp³-hybridized carbons (Fsp3) is 0.0870. The number of halogens is 1. The van der Waals surface area contributed by atoms with E-state index in [0.29, 0.717) is 16.9 Å². The van der Waals surface area contributed by atoms with Crippen molar-refractivity contribution in [2.45, 2.75) is 6.61 Å². The number of hydrogen-bond acceptors (Lipinski definition) is 4. The second-order valence-corrected chi connectivity index (χ2v) is 6.31. The fourth-order valence-electron chi connectivity index (χ4n) is 2.77. The van der Waals surface area contributed by atoms with Crippen LogP contribution in [0.15, 0.2) is 78.4 Å². The van der Waals surface area contributed by atoms with Crippen molar-refractivity contribution in [3.63, 3.8) is 0 Å². The molecule has 30 heavy (non-hydrogen) atoms. The van der Waals surface area contributed by atoms with Gasteiger partial charge in [-0.2, -0.15) is 5.10 Å². The normalized spacial score (nSPS) is 10.7. The lowest BCUT2D eigenvalue weighted by atomic mass is 10.0. The highest BCUT2D eigenvalue weighted by atomic mass is 19.1. The monoisotopic (exact) mass is 405 g/mol. The first-order chi connectivity index (χ1) is 14.6. The van der Waals surface area contributed by atoms with E-state index in [2.05, 4.69) is 22.4 Å². The van der Waals surface area contributed by atoms with Gasteiger partial charge in [-0.1, -0.05) is 48.5 Å². The summed E-state index contributed by atoms with van der Waals surface area (Å²) in [5, 5.41) is 8.07. The summed E-state index contributed by atoms with van der Waals surface area (Å²) in [6, 6.07) is 17.4. The van der Waals surface area contributed by atoms with Crippen LogP contribution in [0.25, 0.3) is 10.8 Å². The quantitative estimate of drug-likeness (QED) is 0.274. The number of amides is 2. The second kappa shape index (κ2) is 9.97. The smallest absolute Gasteiger partial charge is 0.329 e.